The van der Waals surface area contributed by atoms with Gasteiger partial charge in [0, 0.05) is 5.75 Å². The Balaban J connectivity index is 1.60. The fourth-order valence-electron chi connectivity index (χ4n) is 2.96. The van der Waals surface area contributed by atoms with E-state index in [-0.39, 0.29) is 0 Å². The van der Waals surface area contributed by atoms with E-state index in [1.165, 1.54) is 24.8 Å². The number of hydrogen-bond acceptors (Lipinski definition) is 5. The Kier molecular flexibility index (Phi) is 3.95. The molecule has 22 heavy (non-hydrogen) atoms. The molecule has 0 aliphatic carbocycles. The average molecular weight is 313 g/mol. The van der Waals surface area contributed by atoms with Crippen molar-refractivity contribution in [3.63, 3.8) is 0 Å². The van der Waals surface area contributed by atoms with Crippen molar-refractivity contribution in [2.75, 3.05) is 18.8 Å². The fraction of sp³-hybridized carbons (Fsp3) is 0.438. The quantitative estimate of drug-likeness (QED) is 0.874. The van der Waals surface area contributed by atoms with Crippen LogP contribution in [0.3, 0.4) is 0 Å². The lowest BCUT2D eigenvalue weighted by Gasteiger charge is -2.25. The van der Waals surface area contributed by atoms with Crippen molar-refractivity contribution in [3.8, 4) is 0 Å². The minimum Gasteiger partial charge on any atom is -0.296 e. The number of hydrogen-bond donors (Lipinski definition) is 0. The van der Waals surface area contributed by atoms with Gasteiger partial charge in [-0.1, -0.05) is 48.5 Å². The molecule has 2 aliphatic heterocycles. The maximum Gasteiger partial charge on any atom is 0.212 e. The van der Waals surface area contributed by atoms with Gasteiger partial charge in [0.1, 0.15) is 0 Å². The zero-order chi connectivity index (χ0) is 14.8. The van der Waals surface area contributed by atoms with E-state index in [1.54, 1.807) is 11.8 Å². The molecule has 0 amide bonds. The lowest BCUT2D eigenvalue weighted by molar-refractivity contribution is 0.213. The molecule has 6 heteroatoms. The number of benzene rings is 1. The molecule has 5 nitrogen and oxygen atoms in total. The molecule has 2 aromatic rings. The van der Waals surface area contributed by atoms with Gasteiger partial charge in [-0.25, -0.2) is 0 Å². The van der Waals surface area contributed by atoms with Crippen LogP contribution in [0.25, 0.3) is 0 Å². The van der Waals surface area contributed by atoms with Crippen LogP contribution in [0.5, 0.6) is 0 Å². The second-order valence-corrected chi connectivity index (χ2v) is 6.69. The van der Waals surface area contributed by atoms with Crippen LogP contribution in [0.15, 0.2) is 40.6 Å². The fourth-order valence-corrected chi connectivity index (χ4v) is 3.81. The molecule has 1 aromatic heterocycles. The molecule has 1 aromatic carbocycles. The summed E-state index contributed by atoms with van der Waals surface area (Å²) in [6, 6.07) is 10.4. The first-order valence-corrected chi connectivity index (χ1v) is 8.81. The number of aromatic nitrogens is 3. The summed E-state index contributed by atoms with van der Waals surface area (Å²) in [5.74, 6) is 1.81. The monoisotopic (exact) mass is 313 g/mol. The highest BCUT2D eigenvalue weighted by Crippen LogP contribution is 2.24. The van der Waals surface area contributed by atoms with Gasteiger partial charge in [0.2, 0.25) is 5.16 Å². The van der Waals surface area contributed by atoms with Crippen LogP contribution < -0.4 is 0 Å². The summed E-state index contributed by atoms with van der Waals surface area (Å²) in [5, 5.41) is 14.4. The first-order valence-electron chi connectivity index (χ1n) is 7.83. The highest BCUT2D eigenvalue weighted by Gasteiger charge is 2.21. The van der Waals surface area contributed by atoms with Gasteiger partial charge in [0.25, 0.3) is 0 Å². The van der Waals surface area contributed by atoms with E-state index >= 15 is 0 Å². The number of fused-ring (bicyclic) bond motifs is 1. The summed E-state index contributed by atoms with van der Waals surface area (Å²) in [4.78, 5) is 2.46. The average Bonchev–Trinajstić information content (AvgIpc) is 2.99. The number of thioether (sulfide) groups is 1. The summed E-state index contributed by atoms with van der Waals surface area (Å²) in [6.45, 7) is 3.16. The Bertz CT molecular complexity index is 673. The van der Waals surface area contributed by atoms with E-state index in [4.69, 9.17) is 5.10 Å². The molecular formula is C16H19N5S. The SMILES string of the molecule is c1ccc(C2=Nn3c(CN4CCCCC4)nnc3SC2)cc1. The Labute approximate surface area is 134 Å². The van der Waals surface area contributed by atoms with Crippen molar-refractivity contribution < 1.29 is 0 Å². The first kappa shape index (κ1) is 14.0. The van der Waals surface area contributed by atoms with E-state index in [0.29, 0.717) is 0 Å². The van der Waals surface area contributed by atoms with Crippen LogP contribution in [0.2, 0.25) is 0 Å². The molecule has 1 fully saturated rings. The summed E-state index contributed by atoms with van der Waals surface area (Å²) >= 11 is 1.71. The molecule has 3 heterocycles. The van der Waals surface area contributed by atoms with Crippen molar-refractivity contribution in [3.05, 3.63) is 41.7 Å². The largest absolute Gasteiger partial charge is 0.296 e. The van der Waals surface area contributed by atoms with Gasteiger partial charge in [-0.15, -0.1) is 10.2 Å². The number of nitrogens with zero attached hydrogens (tertiary/aromatic N) is 5. The molecule has 2 aliphatic rings. The maximum atomic E-state index is 4.80. The van der Waals surface area contributed by atoms with E-state index in [2.05, 4.69) is 39.4 Å². The molecule has 0 radical (unpaired) electrons. The van der Waals surface area contributed by atoms with E-state index in [1.807, 2.05) is 10.7 Å². The van der Waals surface area contributed by atoms with Crippen LogP contribution in [0.4, 0.5) is 0 Å². The minimum atomic E-state index is 0.846. The van der Waals surface area contributed by atoms with Gasteiger partial charge in [0.15, 0.2) is 5.82 Å². The van der Waals surface area contributed by atoms with E-state index in [0.717, 1.165) is 42.1 Å². The van der Waals surface area contributed by atoms with Crippen LogP contribution in [0.1, 0.15) is 30.7 Å². The van der Waals surface area contributed by atoms with E-state index in [9.17, 15) is 0 Å². The molecule has 1 saturated heterocycles. The Morgan fingerprint density at radius 2 is 1.82 bits per heavy atom. The third-order valence-electron chi connectivity index (χ3n) is 4.16. The molecule has 0 bridgehead atoms. The van der Waals surface area contributed by atoms with Crippen LogP contribution in [-0.4, -0.2) is 44.3 Å². The minimum absolute atomic E-state index is 0.846. The van der Waals surface area contributed by atoms with Crippen molar-refractivity contribution in [2.24, 2.45) is 5.10 Å². The lowest BCUT2D eigenvalue weighted by Crippen LogP contribution is -2.30. The molecule has 0 saturated carbocycles. The van der Waals surface area contributed by atoms with E-state index < -0.39 is 0 Å². The van der Waals surface area contributed by atoms with Crippen molar-refractivity contribution in [1.82, 2.24) is 19.8 Å². The summed E-state index contributed by atoms with van der Waals surface area (Å²) in [7, 11) is 0. The summed E-state index contributed by atoms with van der Waals surface area (Å²) < 4.78 is 1.94. The smallest absolute Gasteiger partial charge is 0.212 e. The standard InChI is InChI=1S/C16H19N5S/c1-3-7-13(8-4-1)14-12-22-16-18-17-15(21(16)19-14)11-20-9-5-2-6-10-20/h1,3-4,7-8H,2,5-6,9-12H2. The molecule has 114 valence electrons. The third kappa shape index (κ3) is 2.80. The molecule has 0 N–H and O–H groups in total. The van der Waals surface area contributed by atoms with Crippen LogP contribution >= 0.6 is 11.8 Å². The molecular weight excluding hydrogens is 294 g/mol. The second kappa shape index (κ2) is 6.22. The van der Waals surface area contributed by atoms with Crippen LogP contribution in [0, 0.1) is 0 Å². The summed E-state index contributed by atoms with van der Waals surface area (Å²) in [6.07, 6.45) is 3.92. The molecule has 0 spiro atoms. The highest BCUT2D eigenvalue weighted by atomic mass is 32.2. The molecule has 4 rings (SSSR count). The predicted octanol–water partition coefficient (Wildman–Crippen LogP) is 2.62. The first-order chi connectivity index (χ1) is 10.9. The molecule has 0 atom stereocenters. The van der Waals surface area contributed by atoms with Gasteiger partial charge in [0.05, 0.1) is 12.3 Å². The highest BCUT2D eigenvalue weighted by molar-refractivity contribution is 7.99. The van der Waals surface area contributed by atoms with Gasteiger partial charge >= 0.3 is 0 Å². The van der Waals surface area contributed by atoms with Gasteiger partial charge in [-0.3, -0.25) is 4.90 Å². The van der Waals surface area contributed by atoms with Crippen molar-refractivity contribution >= 4 is 17.5 Å². The van der Waals surface area contributed by atoms with Gasteiger partial charge in [-0.05, 0) is 31.5 Å². The third-order valence-corrected chi connectivity index (χ3v) is 5.09. The van der Waals surface area contributed by atoms with Crippen molar-refractivity contribution in [2.45, 2.75) is 31.0 Å². The Morgan fingerprint density at radius 1 is 1.00 bits per heavy atom. The number of likely N-dealkylation sites (tertiary alicyclic amines) is 1. The Hall–Kier alpha value is -1.66. The van der Waals surface area contributed by atoms with Gasteiger partial charge < -0.3 is 0 Å². The zero-order valence-electron chi connectivity index (χ0n) is 12.5. The maximum absolute atomic E-state index is 4.80. The topological polar surface area (TPSA) is 46.3 Å². The predicted molar refractivity (Wildman–Crippen MR) is 88.3 cm³/mol. The molecule has 0 unspecified atom stereocenters. The Morgan fingerprint density at radius 3 is 2.64 bits per heavy atom. The summed E-state index contributed by atoms with van der Waals surface area (Å²) in [5.41, 5.74) is 2.27. The number of piperidine rings is 1. The zero-order valence-corrected chi connectivity index (χ0v) is 13.3. The lowest BCUT2D eigenvalue weighted by atomic mass is 10.1. The van der Waals surface area contributed by atoms with Gasteiger partial charge in [-0.2, -0.15) is 9.78 Å². The number of rotatable bonds is 3. The van der Waals surface area contributed by atoms with Crippen molar-refractivity contribution in [1.29, 1.82) is 0 Å². The second-order valence-electron chi connectivity index (χ2n) is 5.75. The normalized spacial score (nSPS) is 18.8. The van der Waals surface area contributed by atoms with Crippen LogP contribution in [-0.2, 0) is 6.54 Å².